The molecule has 5 fully saturated rings. The number of hydrogen-bond donors (Lipinski definition) is 4. The van der Waals surface area contributed by atoms with Gasteiger partial charge in [0.15, 0.2) is 0 Å². The van der Waals surface area contributed by atoms with Gasteiger partial charge in [0, 0.05) is 91.6 Å². The lowest BCUT2D eigenvalue weighted by atomic mass is 9.93. The number of piperidine rings is 2. The van der Waals surface area contributed by atoms with E-state index in [2.05, 4.69) is 20.4 Å². The highest BCUT2D eigenvalue weighted by molar-refractivity contribution is 5.77. The van der Waals surface area contributed by atoms with Crippen LogP contribution in [0.5, 0.6) is 0 Å². The minimum Gasteiger partial charge on any atom is -0.446 e. The van der Waals surface area contributed by atoms with Crippen molar-refractivity contribution in [3.8, 4) is 0 Å². The van der Waals surface area contributed by atoms with Crippen LogP contribution in [0.25, 0.3) is 0 Å². The number of piperazine rings is 2. The molecule has 1 saturated carbocycles. The van der Waals surface area contributed by atoms with Gasteiger partial charge in [-0.2, -0.15) is 0 Å². The molecule has 0 bridgehead atoms. The maximum atomic E-state index is 13.0. The van der Waals surface area contributed by atoms with Crippen LogP contribution in [0.15, 0.2) is 0 Å². The molecule has 0 aromatic carbocycles. The Labute approximate surface area is 321 Å². The lowest BCUT2D eigenvalue weighted by Crippen LogP contribution is -2.53. The molecular formula is C38H66N10O6. The second kappa shape index (κ2) is 20.6. The zero-order chi connectivity index (χ0) is 38.5. The highest BCUT2D eigenvalue weighted by Gasteiger charge is 2.30. The monoisotopic (exact) mass is 759 g/mol. The van der Waals surface area contributed by atoms with E-state index in [0.29, 0.717) is 89.0 Å². The molecular weight excluding hydrogens is 692 g/mol. The summed E-state index contributed by atoms with van der Waals surface area (Å²) in [5.74, 6) is 2.40. The number of nitrogens with zero attached hydrogens (tertiary/aromatic N) is 6. The molecule has 0 radical (unpaired) electrons. The van der Waals surface area contributed by atoms with Crippen molar-refractivity contribution < 1.29 is 28.7 Å². The lowest BCUT2D eigenvalue weighted by Gasteiger charge is -2.36. The van der Waals surface area contributed by atoms with Crippen molar-refractivity contribution in [2.45, 2.75) is 103 Å². The number of rotatable bonds is 8. The van der Waals surface area contributed by atoms with Gasteiger partial charge in [0.25, 0.3) is 0 Å². The van der Waals surface area contributed by atoms with E-state index in [9.17, 15) is 19.2 Å². The summed E-state index contributed by atoms with van der Waals surface area (Å²) in [6.45, 7) is 12.3. The molecule has 4 N–H and O–H groups in total. The van der Waals surface area contributed by atoms with Crippen LogP contribution in [0.3, 0.4) is 0 Å². The van der Waals surface area contributed by atoms with E-state index < -0.39 is 0 Å². The number of carbonyl (C=O) groups is 4. The van der Waals surface area contributed by atoms with E-state index >= 15 is 0 Å². The first kappa shape index (κ1) is 41.2. The molecule has 0 atom stereocenters. The minimum absolute atomic E-state index is 0.0786. The maximum absolute atomic E-state index is 13.0. The molecule has 6 amide bonds. The molecule has 4 heterocycles. The molecule has 4 aliphatic heterocycles. The van der Waals surface area contributed by atoms with Crippen LogP contribution in [-0.2, 0) is 9.47 Å². The number of ether oxygens (including phenoxy) is 2. The van der Waals surface area contributed by atoms with Crippen molar-refractivity contribution in [3.63, 3.8) is 0 Å². The SMILES string of the molecule is CC(=N)N1CCC(CCNC(=O)N2CCN(C(=O)OC3CCCC(OC(=O)N4CCN(C(=O)NCCC5CCN(C(C)=N)CC5)CC4)CCC3)CC2)CC1. The van der Waals surface area contributed by atoms with Crippen molar-refractivity contribution in [2.75, 3.05) is 91.6 Å². The summed E-state index contributed by atoms with van der Waals surface area (Å²) in [5.41, 5.74) is 0. The zero-order valence-corrected chi connectivity index (χ0v) is 32.8. The molecule has 5 aliphatic rings. The highest BCUT2D eigenvalue weighted by atomic mass is 16.6. The number of likely N-dealkylation sites (tertiary alicyclic amines) is 2. The van der Waals surface area contributed by atoms with Crippen LogP contribution in [-0.4, -0.2) is 169 Å². The molecule has 0 aromatic rings. The fourth-order valence-electron chi connectivity index (χ4n) is 8.39. The van der Waals surface area contributed by atoms with Crippen LogP contribution in [0.2, 0.25) is 0 Å². The molecule has 0 spiro atoms. The fourth-order valence-corrected chi connectivity index (χ4v) is 8.39. The van der Waals surface area contributed by atoms with E-state index in [-0.39, 0.29) is 36.5 Å². The number of nitrogens with one attached hydrogen (secondary N) is 4. The Morgan fingerprint density at radius 2 is 0.796 bits per heavy atom. The smallest absolute Gasteiger partial charge is 0.410 e. The van der Waals surface area contributed by atoms with Gasteiger partial charge in [0.2, 0.25) is 0 Å². The molecule has 16 nitrogen and oxygen atoms in total. The third kappa shape index (κ3) is 12.5. The number of urea groups is 2. The first-order chi connectivity index (χ1) is 26.0. The predicted octanol–water partition coefficient (Wildman–Crippen LogP) is 4.20. The fraction of sp³-hybridized carbons (Fsp3) is 0.842. The number of amides is 6. The van der Waals surface area contributed by atoms with Gasteiger partial charge in [-0.3, -0.25) is 10.8 Å². The maximum Gasteiger partial charge on any atom is 0.410 e. The Balaban J connectivity index is 0.894. The summed E-state index contributed by atoms with van der Waals surface area (Å²) < 4.78 is 11.8. The second-order valence-corrected chi connectivity index (χ2v) is 15.9. The Morgan fingerprint density at radius 3 is 1.11 bits per heavy atom. The van der Waals surface area contributed by atoms with Crippen LogP contribution >= 0.6 is 0 Å². The quantitative estimate of drug-likeness (QED) is 0.210. The summed E-state index contributed by atoms with van der Waals surface area (Å²) in [5, 5.41) is 21.7. The highest BCUT2D eigenvalue weighted by Crippen LogP contribution is 2.25. The first-order valence-electron chi connectivity index (χ1n) is 20.6. The van der Waals surface area contributed by atoms with E-state index in [4.69, 9.17) is 20.3 Å². The van der Waals surface area contributed by atoms with E-state index in [1.54, 1.807) is 19.6 Å². The number of amidine groups is 2. The topological polar surface area (TPSA) is 178 Å². The van der Waals surface area contributed by atoms with Crippen LogP contribution in [0.4, 0.5) is 19.2 Å². The van der Waals surface area contributed by atoms with Gasteiger partial charge in [0.1, 0.15) is 12.2 Å². The average molecular weight is 759 g/mol. The van der Waals surface area contributed by atoms with Gasteiger partial charge < -0.3 is 49.5 Å². The molecule has 54 heavy (non-hydrogen) atoms. The second-order valence-electron chi connectivity index (χ2n) is 15.9. The molecule has 4 saturated heterocycles. The van der Waals surface area contributed by atoms with Gasteiger partial charge in [-0.05, 0) is 103 Å². The Kier molecular flexibility index (Phi) is 15.7. The first-order valence-corrected chi connectivity index (χ1v) is 20.6. The predicted molar refractivity (Wildman–Crippen MR) is 206 cm³/mol. The lowest BCUT2D eigenvalue weighted by molar-refractivity contribution is 0.0196. The van der Waals surface area contributed by atoms with Gasteiger partial charge in [-0.1, -0.05) is 0 Å². The molecule has 0 aromatic heterocycles. The summed E-state index contributed by atoms with van der Waals surface area (Å²) in [6.07, 6.45) is 9.59. The van der Waals surface area contributed by atoms with Crippen molar-refractivity contribution in [1.29, 1.82) is 10.8 Å². The van der Waals surface area contributed by atoms with E-state index in [1.165, 1.54) is 0 Å². The van der Waals surface area contributed by atoms with Crippen LogP contribution < -0.4 is 10.6 Å². The molecule has 5 rings (SSSR count). The number of carbonyl (C=O) groups excluding carboxylic acids is 4. The molecule has 16 heteroatoms. The Morgan fingerprint density at radius 1 is 0.481 bits per heavy atom. The minimum atomic E-state index is -0.321. The normalized spacial score (nSPS) is 23.6. The largest absolute Gasteiger partial charge is 0.446 e. The van der Waals surface area contributed by atoms with Gasteiger partial charge in [-0.25, -0.2) is 19.2 Å². The summed E-state index contributed by atoms with van der Waals surface area (Å²) in [6, 6.07) is -0.157. The Bertz CT molecular complexity index is 1170. The third-order valence-corrected chi connectivity index (χ3v) is 12.1. The van der Waals surface area contributed by atoms with E-state index in [0.717, 1.165) is 103 Å². The summed E-state index contributed by atoms with van der Waals surface area (Å²) >= 11 is 0. The molecule has 304 valence electrons. The third-order valence-electron chi connectivity index (χ3n) is 12.1. The van der Waals surface area contributed by atoms with E-state index in [1.807, 2.05) is 13.8 Å². The van der Waals surface area contributed by atoms with Crippen molar-refractivity contribution in [3.05, 3.63) is 0 Å². The van der Waals surface area contributed by atoms with Crippen molar-refractivity contribution in [2.24, 2.45) is 11.8 Å². The van der Waals surface area contributed by atoms with Gasteiger partial charge >= 0.3 is 24.2 Å². The van der Waals surface area contributed by atoms with Gasteiger partial charge in [-0.15, -0.1) is 0 Å². The molecule has 0 unspecified atom stereocenters. The van der Waals surface area contributed by atoms with Crippen LogP contribution in [0, 0.1) is 22.7 Å². The molecule has 1 aliphatic carbocycles. The van der Waals surface area contributed by atoms with Gasteiger partial charge in [0.05, 0.1) is 11.7 Å². The Hall–Kier alpha value is -3.98. The van der Waals surface area contributed by atoms with Crippen LogP contribution in [0.1, 0.15) is 90.9 Å². The van der Waals surface area contributed by atoms with Crippen molar-refractivity contribution in [1.82, 2.24) is 40.0 Å². The standard InChI is InChI=1S/C38H66N10O6/c1-29(39)43-17-11-31(12-18-43)9-15-41-35(49)45-21-25-47(26-22-45)37(51)53-33-5-3-7-34(8-4-6-33)54-38(52)48-27-23-46(24-28-48)36(50)42-16-10-32-13-19-44(20-14-32)30(2)40/h31-34,39-40H,3-28H2,1-2H3,(H,41,49)(H,42,50). The van der Waals surface area contributed by atoms with Crippen molar-refractivity contribution >= 4 is 35.9 Å². The number of hydrogen-bond acceptors (Lipinski definition) is 8. The zero-order valence-electron chi connectivity index (χ0n) is 32.8. The summed E-state index contributed by atoms with van der Waals surface area (Å²) in [7, 11) is 0. The average Bonchev–Trinajstić information content (AvgIpc) is 3.17. The summed E-state index contributed by atoms with van der Waals surface area (Å²) in [4.78, 5) is 62.7.